The molecule has 1 rings (SSSR count). The van der Waals surface area contributed by atoms with Crippen LogP contribution in [-0.2, 0) is 4.79 Å². The number of carbonyl (C=O) groups is 1. The number of aliphatic hydroxyl groups excluding tert-OH is 1. The van der Waals surface area contributed by atoms with E-state index < -0.39 is 0 Å². The van der Waals surface area contributed by atoms with Crippen LogP contribution in [0.1, 0.15) is 38.5 Å². The third-order valence-electron chi connectivity index (χ3n) is 3.15. The second-order valence-electron chi connectivity index (χ2n) is 4.51. The molecule has 0 aliphatic carbocycles. The Morgan fingerprint density at radius 2 is 2.06 bits per heavy atom. The molecule has 0 aromatic rings. The van der Waals surface area contributed by atoms with Gasteiger partial charge in [0.25, 0.3) is 0 Å². The largest absolute Gasteiger partial charge is 0.396 e. The first kappa shape index (κ1) is 13.5. The zero-order chi connectivity index (χ0) is 11.6. The highest BCUT2D eigenvalue weighted by atomic mass is 16.2. The Morgan fingerprint density at radius 3 is 2.75 bits per heavy atom. The molecule has 0 bridgehead atoms. The van der Waals surface area contributed by atoms with Crippen LogP contribution in [0.15, 0.2) is 0 Å². The fourth-order valence-electron chi connectivity index (χ4n) is 2.06. The lowest BCUT2D eigenvalue weighted by atomic mass is 9.93. The summed E-state index contributed by atoms with van der Waals surface area (Å²) >= 11 is 0. The molecule has 4 heteroatoms. The number of unbranched alkanes of at least 4 members (excludes halogenated alkanes) is 1. The molecule has 1 aliphatic rings. The number of rotatable bonds is 7. The van der Waals surface area contributed by atoms with Crippen LogP contribution in [-0.4, -0.2) is 37.3 Å². The molecule has 0 spiro atoms. The third-order valence-corrected chi connectivity index (χ3v) is 3.15. The first-order valence-electron chi connectivity index (χ1n) is 6.41. The minimum atomic E-state index is 0.163. The maximum Gasteiger partial charge on any atom is 0.220 e. The highest BCUT2D eigenvalue weighted by molar-refractivity contribution is 5.75. The number of hydrogen-bond acceptors (Lipinski definition) is 3. The summed E-state index contributed by atoms with van der Waals surface area (Å²) in [5, 5.41) is 14.8. The number of piperidine rings is 1. The second-order valence-corrected chi connectivity index (χ2v) is 4.51. The summed E-state index contributed by atoms with van der Waals surface area (Å²) in [6.07, 6.45) is 5.73. The Hall–Kier alpha value is -0.610. The van der Waals surface area contributed by atoms with Gasteiger partial charge in [-0.25, -0.2) is 0 Å². The predicted molar refractivity (Wildman–Crippen MR) is 64.2 cm³/mol. The summed E-state index contributed by atoms with van der Waals surface area (Å²) < 4.78 is 0. The molecule has 0 aromatic heterocycles. The highest BCUT2D eigenvalue weighted by Crippen LogP contribution is 2.17. The lowest BCUT2D eigenvalue weighted by Gasteiger charge is -2.22. The van der Waals surface area contributed by atoms with E-state index in [-0.39, 0.29) is 12.5 Å². The summed E-state index contributed by atoms with van der Waals surface area (Å²) in [5.74, 6) is 0.890. The molecule has 0 atom stereocenters. The van der Waals surface area contributed by atoms with Crippen molar-refractivity contribution in [3.63, 3.8) is 0 Å². The number of amides is 1. The van der Waals surface area contributed by atoms with Crippen molar-refractivity contribution in [1.29, 1.82) is 0 Å². The van der Waals surface area contributed by atoms with Crippen LogP contribution in [0, 0.1) is 5.92 Å². The third kappa shape index (κ3) is 6.08. The molecule has 3 N–H and O–H groups in total. The highest BCUT2D eigenvalue weighted by Gasteiger charge is 2.13. The molecule has 1 amide bonds. The van der Waals surface area contributed by atoms with Gasteiger partial charge in [-0.15, -0.1) is 0 Å². The molecule has 94 valence electrons. The van der Waals surface area contributed by atoms with Gasteiger partial charge >= 0.3 is 0 Å². The fraction of sp³-hybridized carbons (Fsp3) is 0.917. The minimum Gasteiger partial charge on any atom is -0.396 e. The molecule has 1 saturated heterocycles. The van der Waals surface area contributed by atoms with E-state index in [0.717, 1.165) is 38.3 Å². The van der Waals surface area contributed by atoms with Crippen LogP contribution in [0.4, 0.5) is 0 Å². The van der Waals surface area contributed by atoms with Gasteiger partial charge in [0, 0.05) is 19.6 Å². The zero-order valence-corrected chi connectivity index (χ0v) is 10.0. The lowest BCUT2D eigenvalue weighted by Crippen LogP contribution is -2.29. The quantitative estimate of drug-likeness (QED) is 0.561. The van der Waals surface area contributed by atoms with Crippen molar-refractivity contribution < 1.29 is 9.90 Å². The van der Waals surface area contributed by atoms with Crippen LogP contribution in [0.5, 0.6) is 0 Å². The van der Waals surface area contributed by atoms with Crippen LogP contribution in [0.3, 0.4) is 0 Å². The van der Waals surface area contributed by atoms with Crippen LogP contribution in [0.25, 0.3) is 0 Å². The summed E-state index contributed by atoms with van der Waals surface area (Å²) in [6.45, 7) is 3.11. The smallest absolute Gasteiger partial charge is 0.220 e. The molecule has 1 aliphatic heterocycles. The number of nitrogens with one attached hydrogen (secondary N) is 2. The minimum absolute atomic E-state index is 0.163. The summed E-state index contributed by atoms with van der Waals surface area (Å²) in [6, 6.07) is 0. The first-order chi connectivity index (χ1) is 7.83. The Morgan fingerprint density at radius 1 is 1.31 bits per heavy atom. The van der Waals surface area contributed by atoms with Gasteiger partial charge in [-0.3, -0.25) is 4.79 Å². The SMILES string of the molecule is O=C(CCC1CCNCC1)NCCCCO. The Labute approximate surface area is 97.8 Å². The molecule has 16 heavy (non-hydrogen) atoms. The van der Waals surface area contributed by atoms with Crippen molar-refractivity contribution in [3.05, 3.63) is 0 Å². The van der Waals surface area contributed by atoms with E-state index in [1.54, 1.807) is 0 Å². The van der Waals surface area contributed by atoms with Crippen molar-refractivity contribution in [1.82, 2.24) is 10.6 Å². The molecule has 1 fully saturated rings. The van der Waals surface area contributed by atoms with Crippen LogP contribution in [0.2, 0.25) is 0 Å². The lowest BCUT2D eigenvalue weighted by molar-refractivity contribution is -0.121. The van der Waals surface area contributed by atoms with Crippen molar-refractivity contribution >= 4 is 5.91 Å². The molecule has 0 saturated carbocycles. The molecule has 0 unspecified atom stereocenters. The molecule has 4 nitrogen and oxygen atoms in total. The van der Waals surface area contributed by atoms with Crippen molar-refractivity contribution in [2.75, 3.05) is 26.2 Å². The average Bonchev–Trinajstić information content (AvgIpc) is 2.33. The van der Waals surface area contributed by atoms with Gasteiger partial charge < -0.3 is 15.7 Å². The standard InChI is InChI=1S/C12H24N2O2/c15-10-2-1-7-14-12(16)4-3-11-5-8-13-9-6-11/h11,13,15H,1-10H2,(H,14,16). The van der Waals surface area contributed by atoms with E-state index in [1.165, 1.54) is 12.8 Å². The van der Waals surface area contributed by atoms with Gasteiger partial charge in [-0.1, -0.05) is 0 Å². The number of carbonyl (C=O) groups excluding carboxylic acids is 1. The van der Waals surface area contributed by atoms with Gasteiger partial charge in [-0.2, -0.15) is 0 Å². The normalized spacial score (nSPS) is 17.3. The average molecular weight is 228 g/mol. The Bertz CT molecular complexity index is 191. The van der Waals surface area contributed by atoms with E-state index in [1.807, 2.05) is 0 Å². The molecule has 1 heterocycles. The van der Waals surface area contributed by atoms with E-state index in [2.05, 4.69) is 10.6 Å². The predicted octanol–water partition coefficient (Wildman–Crippen LogP) is 0.655. The summed E-state index contributed by atoms with van der Waals surface area (Å²) in [5.41, 5.74) is 0. The van der Waals surface area contributed by atoms with Crippen molar-refractivity contribution in [2.24, 2.45) is 5.92 Å². The van der Waals surface area contributed by atoms with E-state index in [0.29, 0.717) is 13.0 Å². The second kappa shape index (κ2) is 8.53. The van der Waals surface area contributed by atoms with Crippen LogP contribution < -0.4 is 10.6 Å². The topological polar surface area (TPSA) is 61.4 Å². The zero-order valence-electron chi connectivity index (χ0n) is 10.0. The van der Waals surface area contributed by atoms with Gasteiger partial charge in [0.1, 0.15) is 0 Å². The Balaban J connectivity index is 1.96. The Kier molecular flexibility index (Phi) is 7.17. The fourth-order valence-corrected chi connectivity index (χ4v) is 2.06. The molecule has 0 radical (unpaired) electrons. The molecule has 0 aromatic carbocycles. The first-order valence-corrected chi connectivity index (χ1v) is 6.41. The number of aliphatic hydroxyl groups is 1. The van der Waals surface area contributed by atoms with Crippen molar-refractivity contribution in [2.45, 2.75) is 38.5 Å². The van der Waals surface area contributed by atoms with Crippen molar-refractivity contribution in [3.8, 4) is 0 Å². The van der Waals surface area contributed by atoms with Crippen LogP contribution >= 0.6 is 0 Å². The van der Waals surface area contributed by atoms with Gasteiger partial charge in [-0.05, 0) is 51.1 Å². The number of hydrogen-bond donors (Lipinski definition) is 3. The molecular weight excluding hydrogens is 204 g/mol. The van der Waals surface area contributed by atoms with E-state index in [4.69, 9.17) is 5.11 Å². The van der Waals surface area contributed by atoms with Gasteiger partial charge in [0.2, 0.25) is 5.91 Å². The maximum atomic E-state index is 11.5. The van der Waals surface area contributed by atoms with E-state index in [9.17, 15) is 4.79 Å². The van der Waals surface area contributed by atoms with Gasteiger partial charge in [0.05, 0.1) is 0 Å². The summed E-state index contributed by atoms with van der Waals surface area (Å²) in [4.78, 5) is 11.5. The van der Waals surface area contributed by atoms with Gasteiger partial charge in [0.15, 0.2) is 0 Å². The molecular formula is C12H24N2O2. The maximum absolute atomic E-state index is 11.5. The summed E-state index contributed by atoms with van der Waals surface area (Å²) in [7, 11) is 0. The van der Waals surface area contributed by atoms with E-state index >= 15 is 0 Å². The monoisotopic (exact) mass is 228 g/mol.